The van der Waals surface area contributed by atoms with Crippen LogP contribution in [0.25, 0.3) is 11.3 Å². The zero-order chi connectivity index (χ0) is 22.0. The van der Waals surface area contributed by atoms with Gasteiger partial charge in [-0.25, -0.2) is 17.2 Å². The standard InChI is InChI=1S/C20H18F2N4O3S2/c21-17-6-5-16(11-18(17)22)31(28,29)26-9-7-14(8-10-26)20(27)23-15-3-1-13(2-4-15)19-12-30-25-24-19/h1-6,11-12,14H,7-10H2,(H,23,27). The van der Waals surface area contributed by atoms with Gasteiger partial charge in [-0.1, -0.05) is 16.6 Å². The van der Waals surface area contributed by atoms with Crippen LogP contribution in [-0.4, -0.2) is 41.3 Å². The molecule has 2 aromatic carbocycles. The van der Waals surface area contributed by atoms with Gasteiger partial charge in [0.1, 0.15) is 5.69 Å². The number of carbonyl (C=O) groups excluding carboxylic acids is 1. The summed E-state index contributed by atoms with van der Waals surface area (Å²) in [4.78, 5) is 12.3. The Kier molecular flexibility index (Phi) is 6.08. The Morgan fingerprint density at radius 1 is 1.06 bits per heavy atom. The van der Waals surface area contributed by atoms with Crippen LogP contribution < -0.4 is 5.32 Å². The van der Waals surface area contributed by atoms with Crippen molar-refractivity contribution in [2.24, 2.45) is 5.92 Å². The molecule has 3 aromatic rings. The van der Waals surface area contributed by atoms with Gasteiger partial charge in [0.15, 0.2) is 11.6 Å². The quantitative estimate of drug-likeness (QED) is 0.624. The Labute approximate surface area is 181 Å². The zero-order valence-corrected chi connectivity index (χ0v) is 17.8. The Morgan fingerprint density at radius 3 is 2.39 bits per heavy atom. The molecule has 1 saturated heterocycles. The van der Waals surface area contributed by atoms with Crippen molar-refractivity contribution < 1.29 is 22.0 Å². The van der Waals surface area contributed by atoms with Crippen LogP contribution in [0.2, 0.25) is 0 Å². The number of nitrogens with one attached hydrogen (secondary N) is 1. The summed E-state index contributed by atoms with van der Waals surface area (Å²) in [5.74, 6) is -2.86. The molecule has 1 amide bonds. The number of anilines is 1. The summed E-state index contributed by atoms with van der Waals surface area (Å²) in [6, 6.07) is 9.72. The normalized spacial score (nSPS) is 15.7. The van der Waals surface area contributed by atoms with Gasteiger partial charge in [-0.3, -0.25) is 4.79 Å². The van der Waals surface area contributed by atoms with E-state index in [0.29, 0.717) is 24.6 Å². The Hall–Kier alpha value is -2.76. The van der Waals surface area contributed by atoms with Gasteiger partial charge in [0.2, 0.25) is 15.9 Å². The molecule has 11 heteroatoms. The smallest absolute Gasteiger partial charge is 0.243 e. The fraction of sp³-hybridized carbons (Fsp3) is 0.250. The fourth-order valence-corrected chi connectivity index (χ4v) is 5.35. The maximum absolute atomic E-state index is 13.4. The highest BCUT2D eigenvalue weighted by molar-refractivity contribution is 7.89. The molecule has 31 heavy (non-hydrogen) atoms. The summed E-state index contributed by atoms with van der Waals surface area (Å²) in [7, 11) is -3.95. The number of nitrogens with zero attached hydrogens (tertiary/aromatic N) is 3. The van der Waals surface area contributed by atoms with Crippen LogP contribution in [0.1, 0.15) is 12.8 Å². The lowest BCUT2D eigenvalue weighted by Crippen LogP contribution is -2.41. The van der Waals surface area contributed by atoms with E-state index < -0.39 is 21.7 Å². The minimum atomic E-state index is -3.95. The van der Waals surface area contributed by atoms with Crippen molar-refractivity contribution in [1.29, 1.82) is 0 Å². The number of hydrogen-bond acceptors (Lipinski definition) is 6. The van der Waals surface area contributed by atoms with Crippen molar-refractivity contribution >= 4 is 33.2 Å². The summed E-state index contributed by atoms with van der Waals surface area (Å²) in [6.45, 7) is 0.240. The number of carbonyl (C=O) groups is 1. The third-order valence-electron chi connectivity index (χ3n) is 5.16. The molecule has 1 aliphatic heterocycles. The van der Waals surface area contributed by atoms with E-state index in [-0.39, 0.29) is 29.8 Å². The monoisotopic (exact) mass is 464 g/mol. The lowest BCUT2D eigenvalue weighted by Gasteiger charge is -2.30. The second-order valence-electron chi connectivity index (χ2n) is 7.11. The maximum atomic E-state index is 13.4. The highest BCUT2D eigenvalue weighted by Crippen LogP contribution is 2.26. The number of halogens is 2. The van der Waals surface area contributed by atoms with Gasteiger partial charge in [-0.15, -0.1) is 5.10 Å². The highest BCUT2D eigenvalue weighted by Gasteiger charge is 2.32. The van der Waals surface area contributed by atoms with E-state index in [1.807, 2.05) is 17.5 Å². The Morgan fingerprint density at radius 2 is 1.77 bits per heavy atom. The first kappa shape index (κ1) is 21.5. The van der Waals surface area contributed by atoms with Crippen LogP contribution >= 0.6 is 11.5 Å². The van der Waals surface area contributed by atoms with Crippen molar-refractivity contribution in [3.8, 4) is 11.3 Å². The van der Waals surface area contributed by atoms with E-state index in [2.05, 4.69) is 14.9 Å². The molecule has 7 nitrogen and oxygen atoms in total. The Balaban J connectivity index is 1.36. The van der Waals surface area contributed by atoms with Gasteiger partial charge in [0.25, 0.3) is 0 Å². The van der Waals surface area contributed by atoms with E-state index in [9.17, 15) is 22.0 Å². The van der Waals surface area contributed by atoms with E-state index >= 15 is 0 Å². The molecule has 0 spiro atoms. The SMILES string of the molecule is O=C(Nc1ccc(-c2csnn2)cc1)C1CCN(S(=O)(=O)c2ccc(F)c(F)c2)CC1. The maximum Gasteiger partial charge on any atom is 0.243 e. The molecule has 1 aliphatic rings. The van der Waals surface area contributed by atoms with Crippen molar-refractivity contribution in [3.05, 3.63) is 59.5 Å². The van der Waals surface area contributed by atoms with Gasteiger partial charge in [-0.05, 0) is 54.7 Å². The lowest BCUT2D eigenvalue weighted by molar-refractivity contribution is -0.120. The highest BCUT2D eigenvalue weighted by atomic mass is 32.2. The number of piperidine rings is 1. The third-order valence-corrected chi connectivity index (χ3v) is 7.56. The minimum absolute atomic E-state index is 0.120. The van der Waals surface area contributed by atoms with Gasteiger partial charge in [0.05, 0.1) is 4.90 Å². The van der Waals surface area contributed by atoms with Crippen LogP contribution in [0, 0.1) is 17.6 Å². The largest absolute Gasteiger partial charge is 0.326 e. The van der Waals surface area contributed by atoms with E-state index in [0.717, 1.165) is 23.4 Å². The van der Waals surface area contributed by atoms with Gasteiger partial charge in [0, 0.05) is 35.6 Å². The predicted molar refractivity (Wildman–Crippen MR) is 112 cm³/mol. The first-order valence-electron chi connectivity index (χ1n) is 9.48. The van der Waals surface area contributed by atoms with Gasteiger partial charge in [-0.2, -0.15) is 4.31 Å². The van der Waals surface area contributed by atoms with Crippen molar-refractivity contribution in [2.75, 3.05) is 18.4 Å². The van der Waals surface area contributed by atoms with E-state index in [1.54, 1.807) is 12.1 Å². The molecule has 0 saturated carbocycles. The van der Waals surface area contributed by atoms with Crippen molar-refractivity contribution in [1.82, 2.24) is 13.9 Å². The van der Waals surface area contributed by atoms with Crippen LogP contribution in [0.15, 0.2) is 52.7 Å². The summed E-state index contributed by atoms with van der Waals surface area (Å²) >= 11 is 1.26. The molecular formula is C20H18F2N4O3S2. The molecule has 2 heterocycles. The number of rotatable bonds is 5. The molecule has 0 radical (unpaired) electrons. The average Bonchev–Trinajstić information content (AvgIpc) is 3.31. The van der Waals surface area contributed by atoms with E-state index in [1.165, 1.54) is 15.8 Å². The predicted octanol–water partition coefficient (Wildman–Crippen LogP) is 3.52. The average molecular weight is 465 g/mol. The van der Waals surface area contributed by atoms with Crippen LogP contribution in [0.3, 0.4) is 0 Å². The summed E-state index contributed by atoms with van der Waals surface area (Å²) < 4.78 is 56.9. The van der Waals surface area contributed by atoms with Crippen LogP contribution in [0.4, 0.5) is 14.5 Å². The van der Waals surface area contributed by atoms with Crippen molar-refractivity contribution in [2.45, 2.75) is 17.7 Å². The molecule has 1 aromatic heterocycles. The number of aromatic nitrogens is 2. The molecular weight excluding hydrogens is 446 g/mol. The molecule has 0 unspecified atom stereocenters. The number of amides is 1. The minimum Gasteiger partial charge on any atom is -0.326 e. The molecule has 0 atom stereocenters. The zero-order valence-electron chi connectivity index (χ0n) is 16.2. The fourth-order valence-electron chi connectivity index (χ4n) is 3.40. The number of sulfonamides is 1. The first-order valence-corrected chi connectivity index (χ1v) is 11.8. The summed E-state index contributed by atoms with van der Waals surface area (Å²) in [5, 5.41) is 8.68. The molecule has 1 N–H and O–H groups in total. The number of hydrogen-bond donors (Lipinski definition) is 1. The van der Waals surface area contributed by atoms with Gasteiger partial charge >= 0.3 is 0 Å². The third kappa shape index (κ3) is 4.63. The molecule has 4 rings (SSSR count). The van der Waals surface area contributed by atoms with Gasteiger partial charge < -0.3 is 5.32 Å². The summed E-state index contributed by atoms with van der Waals surface area (Å²) in [6.07, 6.45) is 0.661. The second-order valence-corrected chi connectivity index (χ2v) is 9.66. The lowest BCUT2D eigenvalue weighted by atomic mass is 9.97. The Bertz CT molecular complexity index is 1180. The first-order chi connectivity index (χ1) is 14.8. The second kappa shape index (κ2) is 8.77. The molecule has 162 valence electrons. The molecule has 0 bridgehead atoms. The van der Waals surface area contributed by atoms with Crippen LogP contribution in [0.5, 0.6) is 0 Å². The van der Waals surface area contributed by atoms with Crippen LogP contribution in [-0.2, 0) is 14.8 Å². The topological polar surface area (TPSA) is 92.3 Å². The number of benzene rings is 2. The summed E-state index contributed by atoms with van der Waals surface area (Å²) in [5.41, 5.74) is 2.29. The molecule has 1 fully saturated rings. The van der Waals surface area contributed by atoms with E-state index in [4.69, 9.17) is 0 Å². The molecule has 0 aliphatic carbocycles. The van der Waals surface area contributed by atoms with Crippen molar-refractivity contribution in [3.63, 3.8) is 0 Å².